The zero-order chi connectivity index (χ0) is 13.1. The van der Waals surface area contributed by atoms with Crippen LogP contribution in [-0.4, -0.2) is 16.7 Å². The minimum atomic E-state index is -0.190. The van der Waals surface area contributed by atoms with E-state index in [0.717, 1.165) is 15.8 Å². The molecule has 4 nitrogen and oxygen atoms in total. The van der Waals surface area contributed by atoms with Gasteiger partial charge in [-0.05, 0) is 23.8 Å². The molecular formula is C12H10BrClN2O2. The van der Waals surface area contributed by atoms with Gasteiger partial charge < -0.3 is 4.74 Å². The quantitative estimate of drug-likeness (QED) is 0.813. The molecule has 18 heavy (non-hydrogen) atoms. The molecule has 0 spiro atoms. The second-order valence-electron chi connectivity index (χ2n) is 3.64. The number of ether oxygens (including phenoxy) is 1. The van der Waals surface area contributed by atoms with Gasteiger partial charge in [-0.15, -0.1) is 0 Å². The van der Waals surface area contributed by atoms with Crippen molar-refractivity contribution < 1.29 is 4.74 Å². The van der Waals surface area contributed by atoms with Crippen LogP contribution in [0.2, 0.25) is 5.15 Å². The molecule has 0 radical (unpaired) electrons. The molecule has 1 heterocycles. The van der Waals surface area contributed by atoms with Gasteiger partial charge in [-0.25, -0.2) is 4.98 Å². The first-order valence-corrected chi connectivity index (χ1v) is 6.31. The summed E-state index contributed by atoms with van der Waals surface area (Å²) in [4.78, 5) is 15.6. The Labute approximate surface area is 117 Å². The highest BCUT2D eigenvalue weighted by atomic mass is 79.9. The molecule has 0 saturated carbocycles. The van der Waals surface area contributed by atoms with Gasteiger partial charge in [0.15, 0.2) is 0 Å². The second-order valence-corrected chi connectivity index (χ2v) is 4.88. The van der Waals surface area contributed by atoms with Gasteiger partial charge in [-0.2, -0.15) is 0 Å². The summed E-state index contributed by atoms with van der Waals surface area (Å²) in [6, 6.07) is 6.87. The first-order valence-electron chi connectivity index (χ1n) is 5.14. The molecule has 0 fully saturated rings. The topological polar surface area (TPSA) is 44.1 Å². The number of halogens is 2. The highest BCUT2D eigenvalue weighted by Gasteiger charge is 2.05. The van der Waals surface area contributed by atoms with E-state index in [1.165, 1.54) is 17.0 Å². The van der Waals surface area contributed by atoms with Gasteiger partial charge in [0, 0.05) is 10.5 Å². The molecule has 0 aliphatic rings. The van der Waals surface area contributed by atoms with Crippen molar-refractivity contribution in [3.63, 3.8) is 0 Å². The lowest BCUT2D eigenvalue weighted by Crippen LogP contribution is -2.20. The van der Waals surface area contributed by atoms with Crippen molar-refractivity contribution in [2.24, 2.45) is 0 Å². The molecule has 94 valence electrons. The van der Waals surface area contributed by atoms with Crippen molar-refractivity contribution in [1.29, 1.82) is 0 Å². The van der Waals surface area contributed by atoms with E-state index in [0.29, 0.717) is 6.54 Å². The molecule has 0 N–H and O–H groups in total. The molecule has 2 rings (SSSR count). The van der Waals surface area contributed by atoms with Gasteiger partial charge in [-0.1, -0.05) is 27.5 Å². The van der Waals surface area contributed by atoms with Gasteiger partial charge >= 0.3 is 0 Å². The van der Waals surface area contributed by atoms with Crippen LogP contribution in [0.5, 0.6) is 5.75 Å². The van der Waals surface area contributed by atoms with Crippen LogP contribution in [-0.2, 0) is 6.54 Å². The first-order chi connectivity index (χ1) is 8.60. The standard InChI is InChI=1S/C12H10BrClN2O2/c1-18-9-2-3-10(13)8(4-9)6-16-7-15-11(14)5-12(16)17/h2-5,7H,6H2,1H3. The van der Waals surface area contributed by atoms with E-state index in [2.05, 4.69) is 20.9 Å². The number of benzene rings is 1. The lowest BCUT2D eigenvalue weighted by molar-refractivity contribution is 0.414. The Morgan fingerprint density at radius 1 is 1.44 bits per heavy atom. The molecular weight excluding hydrogens is 320 g/mol. The average molecular weight is 330 g/mol. The molecule has 1 aromatic heterocycles. The van der Waals surface area contributed by atoms with E-state index in [1.54, 1.807) is 7.11 Å². The van der Waals surface area contributed by atoms with Crippen LogP contribution in [0.4, 0.5) is 0 Å². The number of nitrogens with zero attached hydrogens (tertiary/aromatic N) is 2. The predicted molar refractivity (Wildman–Crippen MR) is 73.3 cm³/mol. The lowest BCUT2D eigenvalue weighted by atomic mass is 10.2. The molecule has 1 aromatic carbocycles. The van der Waals surface area contributed by atoms with Crippen LogP contribution in [0.3, 0.4) is 0 Å². The molecule has 0 unspecified atom stereocenters. The summed E-state index contributed by atoms with van der Waals surface area (Å²) in [7, 11) is 1.60. The van der Waals surface area contributed by atoms with Crippen molar-refractivity contribution in [3.05, 3.63) is 56.1 Å². The summed E-state index contributed by atoms with van der Waals surface area (Å²) in [6.45, 7) is 0.404. The van der Waals surface area contributed by atoms with Crippen molar-refractivity contribution in [1.82, 2.24) is 9.55 Å². The predicted octanol–water partition coefficient (Wildman–Crippen LogP) is 2.72. The van der Waals surface area contributed by atoms with Gasteiger partial charge in [-0.3, -0.25) is 9.36 Å². The number of methoxy groups -OCH3 is 1. The minimum absolute atomic E-state index is 0.190. The normalized spacial score (nSPS) is 10.4. The Hall–Kier alpha value is -1.33. The zero-order valence-electron chi connectivity index (χ0n) is 9.56. The summed E-state index contributed by atoms with van der Waals surface area (Å²) in [6.07, 6.45) is 1.43. The highest BCUT2D eigenvalue weighted by molar-refractivity contribution is 9.10. The molecule has 0 aliphatic heterocycles. The van der Waals surface area contributed by atoms with E-state index in [9.17, 15) is 4.79 Å². The third-order valence-corrected chi connectivity index (χ3v) is 3.42. The lowest BCUT2D eigenvalue weighted by Gasteiger charge is -2.09. The van der Waals surface area contributed by atoms with Gasteiger partial charge in [0.05, 0.1) is 20.0 Å². The third kappa shape index (κ3) is 2.91. The SMILES string of the molecule is COc1ccc(Br)c(Cn2cnc(Cl)cc2=O)c1. The van der Waals surface area contributed by atoms with E-state index in [-0.39, 0.29) is 10.7 Å². The van der Waals surface area contributed by atoms with E-state index in [4.69, 9.17) is 16.3 Å². The van der Waals surface area contributed by atoms with Crippen molar-refractivity contribution >= 4 is 27.5 Å². The second kappa shape index (κ2) is 5.54. The van der Waals surface area contributed by atoms with E-state index < -0.39 is 0 Å². The van der Waals surface area contributed by atoms with Crippen molar-refractivity contribution in [3.8, 4) is 5.75 Å². The molecule has 6 heteroatoms. The largest absolute Gasteiger partial charge is 0.497 e. The van der Waals surface area contributed by atoms with Gasteiger partial charge in [0.1, 0.15) is 10.9 Å². The maximum Gasteiger partial charge on any atom is 0.255 e. The Morgan fingerprint density at radius 2 is 2.22 bits per heavy atom. The summed E-state index contributed by atoms with van der Waals surface area (Å²) < 4.78 is 7.54. The fourth-order valence-corrected chi connectivity index (χ4v) is 2.01. The number of hydrogen-bond donors (Lipinski definition) is 0. The summed E-state index contributed by atoms with van der Waals surface area (Å²) in [5, 5.41) is 0.195. The number of rotatable bonds is 3. The monoisotopic (exact) mass is 328 g/mol. The maximum absolute atomic E-state index is 11.7. The van der Waals surface area contributed by atoms with Crippen LogP contribution >= 0.6 is 27.5 Å². The Balaban J connectivity index is 2.36. The third-order valence-electron chi connectivity index (χ3n) is 2.44. The number of hydrogen-bond acceptors (Lipinski definition) is 3. The summed E-state index contributed by atoms with van der Waals surface area (Å²) >= 11 is 9.08. The number of aromatic nitrogens is 2. The van der Waals surface area contributed by atoms with Crippen molar-refractivity contribution in [2.45, 2.75) is 6.54 Å². The first kappa shape index (κ1) is 13.1. The van der Waals surface area contributed by atoms with Crippen LogP contribution in [0.15, 0.2) is 39.9 Å². The maximum atomic E-state index is 11.7. The van der Waals surface area contributed by atoms with Crippen LogP contribution in [0.1, 0.15) is 5.56 Å². The van der Waals surface area contributed by atoms with Crippen molar-refractivity contribution in [2.75, 3.05) is 7.11 Å². The Bertz CT molecular complexity index is 628. The molecule has 2 aromatic rings. The summed E-state index contributed by atoms with van der Waals surface area (Å²) in [5.74, 6) is 0.739. The van der Waals surface area contributed by atoms with Crippen LogP contribution in [0, 0.1) is 0 Å². The molecule has 0 atom stereocenters. The van der Waals surface area contributed by atoms with E-state index in [1.807, 2.05) is 18.2 Å². The molecule has 0 saturated heterocycles. The summed E-state index contributed by atoms with van der Waals surface area (Å²) in [5.41, 5.74) is 0.741. The fraction of sp³-hybridized carbons (Fsp3) is 0.167. The van der Waals surface area contributed by atoms with E-state index >= 15 is 0 Å². The smallest absolute Gasteiger partial charge is 0.255 e. The minimum Gasteiger partial charge on any atom is -0.497 e. The zero-order valence-corrected chi connectivity index (χ0v) is 11.9. The highest BCUT2D eigenvalue weighted by Crippen LogP contribution is 2.22. The van der Waals surface area contributed by atoms with Gasteiger partial charge in [0.25, 0.3) is 5.56 Å². The molecule has 0 aliphatic carbocycles. The molecule has 0 amide bonds. The fourth-order valence-electron chi connectivity index (χ4n) is 1.51. The Kier molecular flexibility index (Phi) is 4.04. The average Bonchev–Trinajstić information content (AvgIpc) is 2.35. The van der Waals surface area contributed by atoms with Crippen LogP contribution in [0.25, 0.3) is 0 Å². The molecule has 0 bridgehead atoms. The van der Waals surface area contributed by atoms with Gasteiger partial charge in [0.2, 0.25) is 0 Å². The van der Waals surface area contributed by atoms with Crippen LogP contribution < -0.4 is 10.3 Å². The Morgan fingerprint density at radius 3 is 2.89 bits per heavy atom.